The number of hydrogen-bond acceptors (Lipinski definition) is 4. The van der Waals surface area contributed by atoms with Gasteiger partial charge in [-0.15, -0.1) is 0 Å². The van der Waals surface area contributed by atoms with Gasteiger partial charge in [0.1, 0.15) is 0 Å². The molecule has 2 rings (SSSR count). The van der Waals surface area contributed by atoms with Crippen LogP contribution in [-0.2, 0) is 6.54 Å². The van der Waals surface area contributed by atoms with E-state index in [-0.39, 0.29) is 24.4 Å². The average Bonchev–Trinajstić information content (AvgIpc) is 2.38. The highest BCUT2D eigenvalue weighted by atomic mass is 16.4. The van der Waals surface area contributed by atoms with Crippen molar-refractivity contribution in [2.45, 2.75) is 13.0 Å². The smallest absolute Gasteiger partial charge is 0.357 e. The quantitative estimate of drug-likeness (QED) is 0.820. The third kappa shape index (κ3) is 2.10. The van der Waals surface area contributed by atoms with Gasteiger partial charge in [-0.05, 0) is 12.5 Å². The Bertz CT molecular complexity index is 648. The molecule has 6 nitrogen and oxygen atoms in total. The highest BCUT2D eigenvalue weighted by molar-refractivity contribution is 6.01. The monoisotopic (exact) mass is 248 g/mol. The number of nitrogens with zero attached hydrogens (tertiary/aromatic N) is 2. The van der Waals surface area contributed by atoms with Crippen molar-refractivity contribution in [1.82, 2.24) is 9.78 Å². The zero-order valence-corrected chi connectivity index (χ0v) is 9.54. The molecule has 18 heavy (non-hydrogen) atoms. The zero-order valence-electron chi connectivity index (χ0n) is 9.54. The fraction of sp³-hybridized carbons (Fsp3) is 0.250. The molecule has 1 aromatic carbocycles. The molecule has 0 radical (unpaired) electrons. The number of fused-ring (bicyclic) bond motifs is 1. The van der Waals surface area contributed by atoms with E-state index in [4.69, 9.17) is 10.2 Å². The van der Waals surface area contributed by atoms with E-state index in [2.05, 4.69) is 5.10 Å². The molecule has 1 aromatic heterocycles. The van der Waals surface area contributed by atoms with Crippen LogP contribution in [0, 0.1) is 0 Å². The first-order chi connectivity index (χ1) is 8.65. The topological polar surface area (TPSA) is 92.4 Å². The maximum atomic E-state index is 12.0. The van der Waals surface area contributed by atoms with Crippen LogP contribution in [0.2, 0.25) is 0 Å². The molecule has 0 fully saturated rings. The molecule has 0 saturated carbocycles. The lowest BCUT2D eigenvalue weighted by Gasteiger charge is -2.07. The van der Waals surface area contributed by atoms with Crippen molar-refractivity contribution >= 4 is 16.7 Å². The van der Waals surface area contributed by atoms with Crippen molar-refractivity contribution < 1.29 is 15.0 Å². The van der Waals surface area contributed by atoms with Gasteiger partial charge in [-0.25, -0.2) is 9.48 Å². The maximum absolute atomic E-state index is 12.0. The first kappa shape index (κ1) is 12.3. The van der Waals surface area contributed by atoms with Gasteiger partial charge in [-0.3, -0.25) is 4.79 Å². The number of aliphatic hydroxyl groups excluding tert-OH is 1. The molecule has 0 spiro atoms. The normalized spacial score (nSPS) is 10.7. The molecular weight excluding hydrogens is 236 g/mol. The minimum atomic E-state index is -1.18. The summed E-state index contributed by atoms with van der Waals surface area (Å²) in [5.74, 6) is -1.18. The molecule has 0 atom stereocenters. The molecule has 0 aliphatic carbocycles. The summed E-state index contributed by atoms with van der Waals surface area (Å²) >= 11 is 0. The standard InChI is InChI=1S/C12H12N2O4/c15-7-3-6-14-11(16)9-5-2-1-4-8(9)10(13-14)12(17)18/h1-2,4-5,15H,3,6-7H2,(H,17,18). The lowest BCUT2D eigenvalue weighted by Crippen LogP contribution is -2.26. The van der Waals surface area contributed by atoms with Crippen LogP contribution >= 0.6 is 0 Å². The van der Waals surface area contributed by atoms with Gasteiger partial charge < -0.3 is 10.2 Å². The van der Waals surface area contributed by atoms with Gasteiger partial charge in [0.05, 0.1) is 5.39 Å². The van der Waals surface area contributed by atoms with Crippen molar-refractivity contribution in [3.05, 3.63) is 40.3 Å². The third-order valence-electron chi connectivity index (χ3n) is 2.60. The molecule has 94 valence electrons. The maximum Gasteiger partial charge on any atom is 0.357 e. The minimum Gasteiger partial charge on any atom is -0.476 e. The first-order valence-corrected chi connectivity index (χ1v) is 5.49. The van der Waals surface area contributed by atoms with Crippen molar-refractivity contribution in [3.8, 4) is 0 Å². The Kier molecular flexibility index (Phi) is 3.38. The van der Waals surface area contributed by atoms with E-state index in [0.717, 1.165) is 4.68 Å². The molecule has 0 unspecified atom stereocenters. The summed E-state index contributed by atoms with van der Waals surface area (Å²) < 4.78 is 1.09. The van der Waals surface area contributed by atoms with Gasteiger partial charge in [-0.2, -0.15) is 5.10 Å². The molecule has 0 amide bonds. The van der Waals surface area contributed by atoms with Gasteiger partial charge >= 0.3 is 5.97 Å². The summed E-state index contributed by atoms with van der Waals surface area (Å²) in [6, 6.07) is 6.46. The van der Waals surface area contributed by atoms with E-state index >= 15 is 0 Å². The van der Waals surface area contributed by atoms with Crippen LogP contribution in [0.15, 0.2) is 29.1 Å². The Balaban J connectivity index is 2.71. The Morgan fingerprint density at radius 3 is 2.56 bits per heavy atom. The number of carboxylic acids is 1. The molecule has 0 aliphatic heterocycles. The average molecular weight is 248 g/mol. The summed E-state index contributed by atoms with van der Waals surface area (Å²) in [6.07, 6.45) is 0.351. The molecule has 1 heterocycles. The molecule has 2 N–H and O–H groups in total. The Morgan fingerprint density at radius 1 is 1.28 bits per heavy atom. The lowest BCUT2D eigenvalue weighted by atomic mass is 10.1. The number of hydrogen-bond donors (Lipinski definition) is 2. The van der Waals surface area contributed by atoms with E-state index in [0.29, 0.717) is 17.2 Å². The first-order valence-electron chi connectivity index (χ1n) is 5.49. The van der Waals surface area contributed by atoms with E-state index in [1.807, 2.05) is 0 Å². The number of aliphatic hydroxyl groups is 1. The van der Waals surface area contributed by atoms with E-state index in [1.54, 1.807) is 24.3 Å². The van der Waals surface area contributed by atoms with E-state index in [9.17, 15) is 9.59 Å². The molecule has 0 saturated heterocycles. The van der Waals surface area contributed by atoms with Crippen molar-refractivity contribution in [3.63, 3.8) is 0 Å². The van der Waals surface area contributed by atoms with E-state index in [1.165, 1.54) is 0 Å². The van der Waals surface area contributed by atoms with Gasteiger partial charge in [0.25, 0.3) is 5.56 Å². The van der Waals surface area contributed by atoms with Gasteiger partial charge in [0.2, 0.25) is 0 Å². The SMILES string of the molecule is O=C(O)c1nn(CCCO)c(=O)c2ccccc12. The largest absolute Gasteiger partial charge is 0.476 e. The van der Waals surface area contributed by atoms with Crippen LogP contribution in [0.3, 0.4) is 0 Å². The number of rotatable bonds is 4. The summed E-state index contributed by atoms with van der Waals surface area (Å²) in [4.78, 5) is 23.2. The van der Waals surface area contributed by atoms with Crippen LogP contribution in [0.4, 0.5) is 0 Å². The molecule has 0 bridgehead atoms. The minimum absolute atomic E-state index is 0.0800. The van der Waals surface area contributed by atoms with Crippen molar-refractivity contribution in [2.75, 3.05) is 6.61 Å². The van der Waals surface area contributed by atoms with E-state index < -0.39 is 5.97 Å². The molecule has 6 heteroatoms. The number of aromatic nitrogens is 2. The van der Waals surface area contributed by atoms with Crippen LogP contribution in [-0.4, -0.2) is 32.6 Å². The summed E-state index contributed by atoms with van der Waals surface area (Å²) in [5.41, 5.74) is -0.493. The van der Waals surface area contributed by atoms with Gasteiger partial charge in [0.15, 0.2) is 5.69 Å². The molecular formula is C12H12N2O4. The third-order valence-corrected chi connectivity index (χ3v) is 2.60. The summed E-state index contributed by atoms with van der Waals surface area (Å²) in [7, 11) is 0. The van der Waals surface area contributed by atoms with Crippen molar-refractivity contribution in [1.29, 1.82) is 0 Å². The number of carboxylic acid groups (broad SMARTS) is 1. The van der Waals surface area contributed by atoms with Gasteiger partial charge in [-0.1, -0.05) is 18.2 Å². The van der Waals surface area contributed by atoms with Gasteiger partial charge in [0, 0.05) is 18.5 Å². The predicted molar refractivity (Wildman–Crippen MR) is 64.7 cm³/mol. The van der Waals surface area contributed by atoms with Crippen LogP contribution in [0.25, 0.3) is 10.8 Å². The summed E-state index contributed by atoms with van der Waals surface area (Å²) in [5, 5.41) is 22.3. The predicted octanol–water partition coefficient (Wildman–Crippen LogP) is 0.477. The zero-order chi connectivity index (χ0) is 13.1. The van der Waals surface area contributed by atoms with Crippen LogP contribution in [0.1, 0.15) is 16.9 Å². The fourth-order valence-electron chi connectivity index (χ4n) is 1.77. The Labute approximate surface area is 102 Å². The Hall–Kier alpha value is -2.21. The highest BCUT2D eigenvalue weighted by Gasteiger charge is 2.14. The van der Waals surface area contributed by atoms with Crippen LogP contribution < -0.4 is 5.56 Å². The summed E-state index contributed by atoms with van der Waals surface area (Å²) in [6.45, 7) is 0.115. The second kappa shape index (κ2) is 4.97. The number of carbonyl (C=O) groups is 1. The number of benzene rings is 1. The second-order valence-electron chi connectivity index (χ2n) is 3.80. The Morgan fingerprint density at radius 2 is 1.94 bits per heavy atom. The molecule has 2 aromatic rings. The second-order valence-corrected chi connectivity index (χ2v) is 3.80. The van der Waals surface area contributed by atoms with Crippen molar-refractivity contribution in [2.24, 2.45) is 0 Å². The molecule has 0 aliphatic rings. The lowest BCUT2D eigenvalue weighted by molar-refractivity contribution is 0.0690. The number of aromatic carboxylic acids is 1. The highest BCUT2D eigenvalue weighted by Crippen LogP contribution is 2.13. The van der Waals surface area contributed by atoms with Crippen LogP contribution in [0.5, 0.6) is 0 Å². The number of aryl methyl sites for hydroxylation is 1. The fourth-order valence-corrected chi connectivity index (χ4v) is 1.77.